The summed E-state index contributed by atoms with van der Waals surface area (Å²) in [6.45, 7) is 2.04. The molecule has 0 radical (unpaired) electrons. The third-order valence-corrected chi connectivity index (χ3v) is 4.55. The van der Waals surface area contributed by atoms with E-state index in [1.807, 2.05) is 24.3 Å². The maximum Gasteiger partial charge on any atom is 0.291 e. The van der Waals surface area contributed by atoms with Crippen LogP contribution in [0.3, 0.4) is 0 Å². The summed E-state index contributed by atoms with van der Waals surface area (Å²) in [6.07, 6.45) is 1.50. The van der Waals surface area contributed by atoms with E-state index in [-0.39, 0.29) is 24.4 Å². The topological polar surface area (TPSA) is 45.5 Å². The molecular formula is C15H15BrCl2N2O2. The largest absolute Gasteiger partial charge is 0.458 e. The quantitative estimate of drug-likeness (QED) is 0.823. The van der Waals surface area contributed by atoms with Crippen LogP contribution in [0.25, 0.3) is 0 Å². The summed E-state index contributed by atoms with van der Waals surface area (Å²) in [6, 6.07) is 9.24. The van der Waals surface area contributed by atoms with E-state index in [0.29, 0.717) is 28.3 Å². The van der Waals surface area contributed by atoms with E-state index in [1.54, 1.807) is 11.0 Å². The number of amides is 1. The minimum absolute atomic E-state index is 0. The van der Waals surface area contributed by atoms with E-state index < -0.39 is 0 Å². The average molecular weight is 406 g/mol. The zero-order valence-corrected chi connectivity index (χ0v) is 14.7. The van der Waals surface area contributed by atoms with Crippen LogP contribution in [0, 0.1) is 0 Å². The van der Waals surface area contributed by atoms with Crippen molar-refractivity contribution in [2.75, 3.05) is 19.6 Å². The molecule has 1 amide bonds. The van der Waals surface area contributed by atoms with Gasteiger partial charge in [0.1, 0.15) is 0 Å². The Morgan fingerprint density at radius 1 is 1.36 bits per heavy atom. The number of piperazine rings is 1. The predicted octanol–water partition coefficient (Wildman–Crippen LogP) is 3.90. The summed E-state index contributed by atoms with van der Waals surface area (Å²) in [5.74, 6) is 0.201. The summed E-state index contributed by atoms with van der Waals surface area (Å²) in [5.41, 5.74) is 0.947. The molecule has 3 rings (SSSR count). The van der Waals surface area contributed by atoms with E-state index >= 15 is 0 Å². The standard InChI is InChI=1S/C15H14BrClN2O2.ClH/c16-11-5-8-21-14(11)15(20)19-7-6-18-9-13(19)10-3-1-2-4-12(10)17;/h1-5,8,13,18H,6-7,9H2;1H. The van der Waals surface area contributed by atoms with Crippen molar-refractivity contribution in [3.05, 3.63) is 57.4 Å². The Kier molecular flexibility index (Phi) is 5.92. The smallest absolute Gasteiger partial charge is 0.291 e. The highest BCUT2D eigenvalue weighted by atomic mass is 79.9. The van der Waals surface area contributed by atoms with Crippen LogP contribution < -0.4 is 5.32 Å². The number of nitrogens with one attached hydrogen (secondary N) is 1. The van der Waals surface area contributed by atoms with Crippen LogP contribution >= 0.6 is 39.9 Å². The monoisotopic (exact) mass is 404 g/mol. The van der Waals surface area contributed by atoms with Gasteiger partial charge in [-0.05, 0) is 33.6 Å². The van der Waals surface area contributed by atoms with Crippen molar-refractivity contribution >= 4 is 45.8 Å². The van der Waals surface area contributed by atoms with Gasteiger partial charge in [0.25, 0.3) is 5.91 Å². The summed E-state index contributed by atoms with van der Waals surface area (Å²) in [5, 5.41) is 3.98. The van der Waals surface area contributed by atoms with E-state index in [2.05, 4.69) is 21.2 Å². The third-order valence-electron chi connectivity index (χ3n) is 3.58. The third kappa shape index (κ3) is 3.33. The first-order chi connectivity index (χ1) is 10.2. The second-order valence-corrected chi connectivity index (χ2v) is 6.10. The molecule has 1 fully saturated rings. The van der Waals surface area contributed by atoms with Gasteiger partial charge in [0.2, 0.25) is 5.76 Å². The lowest BCUT2D eigenvalue weighted by Gasteiger charge is -2.36. The van der Waals surface area contributed by atoms with E-state index in [9.17, 15) is 4.79 Å². The first-order valence-electron chi connectivity index (χ1n) is 6.67. The zero-order chi connectivity index (χ0) is 14.8. The predicted molar refractivity (Wildman–Crippen MR) is 91.8 cm³/mol. The molecule has 0 aliphatic carbocycles. The van der Waals surface area contributed by atoms with Gasteiger partial charge in [0.05, 0.1) is 16.8 Å². The van der Waals surface area contributed by atoms with Gasteiger partial charge in [-0.15, -0.1) is 12.4 Å². The number of carbonyl (C=O) groups excluding carboxylic acids is 1. The van der Waals surface area contributed by atoms with Gasteiger partial charge in [-0.2, -0.15) is 0 Å². The van der Waals surface area contributed by atoms with Crippen molar-refractivity contribution in [2.24, 2.45) is 0 Å². The summed E-state index contributed by atoms with van der Waals surface area (Å²) in [7, 11) is 0. The maximum atomic E-state index is 12.7. The van der Waals surface area contributed by atoms with Crippen LogP contribution in [0.15, 0.2) is 45.5 Å². The molecule has 1 aliphatic rings. The molecule has 1 atom stereocenters. The Hall–Kier alpha value is -1.01. The fraction of sp³-hybridized carbons (Fsp3) is 0.267. The van der Waals surface area contributed by atoms with Gasteiger partial charge in [-0.1, -0.05) is 29.8 Å². The molecule has 1 aromatic carbocycles. The Morgan fingerprint density at radius 3 is 2.82 bits per heavy atom. The average Bonchev–Trinajstić information content (AvgIpc) is 2.93. The number of carbonyl (C=O) groups is 1. The number of hydrogen-bond donors (Lipinski definition) is 1. The molecule has 1 saturated heterocycles. The van der Waals surface area contributed by atoms with Gasteiger partial charge < -0.3 is 14.6 Å². The van der Waals surface area contributed by atoms with Crippen LogP contribution in [-0.4, -0.2) is 30.4 Å². The van der Waals surface area contributed by atoms with Gasteiger partial charge in [0, 0.05) is 24.7 Å². The summed E-state index contributed by atoms with van der Waals surface area (Å²) >= 11 is 9.63. The number of nitrogens with zero attached hydrogens (tertiary/aromatic N) is 1. The molecular weight excluding hydrogens is 391 g/mol. The lowest BCUT2D eigenvalue weighted by Crippen LogP contribution is -2.48. The molecule has 22 heavy (non-hydrogen) atoms. The van der Waals surface area contributed by atoms with Crippen LogP contribution in [0.5, 0.6) is 0 Å². The highest BCUT2D eigenvalue weighted by Crippen LogP contribution is 2.31. The number of hydrogen-bond acceptors (Lipinski definition) is 3. The molecule has 118 valence electrons. The molecule has 7 heteroatoms. The maximum absolute atomic E-state index is 12.7. The Labute approximate surface area is 148 Å². The fourth-order valence-corrected chi connectivity index (χ4v) is 3.18. The second kappa shape index (κ2) is 7.51. The zero-order valence-electron chi connectivity index (χ0n) is 11.6. The van der Waals surface area contributed by atoms with Crippen molar-refractivity contribution in [2.45, 2.75) is 6.04 Å². The van der Waals surface area contributed by atoms with Crippen molar-refractivity contribution in [3.8, 4) is 0 Å². The Balaban J connectivity index is 0.00000176. The molecule has 1 N–H and O–H groups in total. The fourth-order valence-electron chi connectivity index (χ4n) is 2.55. The minimum Gasteiger partial charge on any atom is -0.458 e. The first kappa shape index (κ1) is 17.3. The highest BCUT2D eigenvalue weighted by molar-refractivity contribution is 9.10. The van der Waals surface area contributed by atoms with E-state index in [1.165, 1.54) is 6.26 Å². The lowest BCUT2D eigenvalue weighted by molar-refractivity contribution is 0.0600. The van der Waals surface area contributed by atoms with Crippen molar-refractivity contribution in [3.63, 3.8) is 0 Å². The second-order valence-electron chi connectivity index (χ2n) is 4.84. The van der Waals surface area contributed by atoms with E-state index in [4.69, 9.17) is 16.0 Å². The molecule has 1 aliphatic heterocycles. The van der Waals surface area contributed by atoms with Gasteiger partial charge in [-0.25, -0.2) is 0 Å². The minimum atomic E-state index is -0.127. The van der Waals surface area contributed by atoms with Crippen LogP contribution in [0.1, 0.15) is 22.2 Å². The van der Waals surface area contributed by atoms with Crippen LogP contribution in [0.2, 0.25) is 5.02 Å². The number of rotatable bonds is 2. The Bertz CT molecular complexity index is 662. The molecule has 2 aromatic rings. The molecule has 4 nitrogen and oxygen atoms in total. The number of benzene rings is 1. The van der Waals surface area contributed by atoms with Crippen molar-refractivity contribution in [1.29, 1.82) is 0 Å². The van der Waals surface area contributed by atoms with Crippen molar-refractivity contribution in [1.82, 2.24) is 10.2 Å². The summed E-state index contributed by atoms with van der Waals surface area (Å²) < 4.78 is 5.97. The number of halogens is 3. The van der Waals surface area contributed by atoms with Crippen LogP contribution in [-0.2, 0) is 0 Å². The van der Waals surface area contributed by atoms with Crippen LogP contribution in [0.4, 0.5) is 0 Å². The Morgan fingerprint density at radius 2 is 2.14 bits per heavy atom. The van der Waals surface area contributed by atoms with E-state index in [0.717, 1.165) is 12.1 Å². The first-order valence-corrected chi connectivity index (χ1v) is 7.84. The number of furan rings is 1. The molecule has 0 saturated carbocycles. The van der Waals surface area contributed by atoms with Gasteiger partial charge >= 0.3 is 0 Å². The normalized spacial score (nSPS) is 17.9. The molecule has 2 heterocycles. The van der Waals surface area contributed by atoms with Gasteiger partial charge in [0.15, 0.2) is 0 Å². The molecule has 0 bridgehead atoms. The molecule has 0 spiro atoms. The molecule has 1 unspecified atom stereocenters. The van der Waals surface area contributed by atoms with Crippen molar-refractivity contribution < 1.29 is 9.21 Å². The van der Waals surface area contributed by atoms with Gasteiger partial charge in [-0.3, -0.25) is 4.79 Å². The highest BCUT2D eigenvalue weighted by Gasteiger charge is 2.32. The SMILES string of the molecule is Cl.O=C(c1occc1Br)N1CCNCC1c1ccccc1Cl. The lowest BCUT2D eigenvalue weighted by atomic mass is 10.0. The molecule has 1 aromatic heterocycles. The summed E-state index contributed by atoms with van der Waals surface area (Å²) in [4.78, 5) is 14.5.